The summed E-state index contributed by atoms with van der Waals surface area (Å²) in [6.45, 7) is 3.69. The zero-order chi connectivity index (χ0) is 11.4. The summed E-state index contributed by atoms with van der Waals surface area (Å²) in [6.07, 6.45) is 0.770. The van der Waals surface area contributed by atoms with E-state index in [0.717, 1.165) is 12.2 Å². The van der Waals surface area contributed by atoms with E-state index in [-0.39, 0.29) is 18.6 Å². The van der Waals surface area contributed by atoms with E-state index in [1.54, 1.807) is 26.1 Å². The molecule has 15 heavy (non-hydrogen) atoms. The van der Waals surface area contributed by atoms with Gasteiger partial charge in [0.15, 0.2) is 5.76 Å². The predicted octanol–water partition coefficient (Wildman–Crippen LogP) is 1.29. The van der Waals surface area contributed by atoms with Crippen LogP contribution in [0.4, 0.5) is 0 Å². The van der Waals surface area contributed by atoms with Crippen molar-refractivity contribution in [1.29, 1.82) is 0 Å². The summed E-state index contributed by atoms with van der Waals surface area (Å²) in [6, 6.07) is 3.26. The van der Waals surface area contributed by atoms with Gasteiger partial charge in [-0.05, 0) is 19.1 Å². The van der Waals surface area contributed by atoms with Crippen molar-refractivity contribution in [2.75, 3.05) is 13.7 Å². The van der Waals surface area contributed by atoms with Crippen molar-refractivity contribution < 1.29 is 14.3 Å². The van der Waals surface area contributed by atoms with Gasteiger partial charge in [0.05, 0.1) is 12.6 Å². The number of hydrogen-bond donors (Lipinski definition) is 1. The lowest BCUT2D eigenvalue weighted by Crippen LogP contribution is -2.37. The Bertz CT molecular complexity index is 332. The summed E-state index contributed by atoms with van der Waals surface area (Å²) < 4.78 is 5.34. The maximum Gasteiger partial charge on any atom is 0.289 e. The van der Waals surface area contributed by atoms with Crippen LogP contribution in [0.25, 0.3) is 0 Å². The number of aryl methyl sites for hydroxylation is 1. The molecule has 0 saturated carbocycles. The number of hydrogen-bond acceptors (Lipinski definition) is 3. The van der Waals surface area contributed by atoms with Gasteiger partial charge in [-0.3, -0.25) is 4.79 Å². The topological polar surface area (TPSA) is 53.7 Å². The van der Waals surface area contributed by atoms with Crippen LogP contribution in [0.15, 0.2) is 16.5 Å². The second-order valence-corrected chi connectivity index (χ2v) is 3.57. The van der Waals surface area contributed by atoms with Crippen LogP contribution in [0.2, 0.25) is 0 Å². The highest BCUT2D eigenvalue weighted by molar-refractivity contribution is 5.91. The van der Waals surface area contributed by atoms with Crippen molar-refractivity contribution in [3.63, 3.8) is 0 Å². The molecule has 1 atom stereocenters. The van der Waals surface area contributed by atoms with Crippen molar-refractivity contribution in [3.8, 4) is 0 Å². The van der Waals surface area contributed by atoms with Crippen molar-refractivity contribution in [2.45, 2.75) is 26.3 Å². The molecule has 1 heterocycles. The highest BCUT2D eigenvalue weighted by atomic mass is 16.4. The van der Waals surface area contributed by atoms with Gasteiger partial charge in [-0.15, -0.1) is 0 Å². The quantitative estimate of drug-likeness (QED) is 0.816. The Morgan fingerprint density at radius 3 is 2.73 bits per heavy atom. The van der Waals surface area contributed by atoms with Gasteiger partial charge in [0.1, 0.15) is 5.76 Å². The number of rotatable bonds is 4. The molecule has 4 heteroatoms. The van der Waals surface area contributed by atoms with Crippen LogP contribution in [0.5, 0.6) is 0 Å². The second kappa shape index (κ2) is 4.98. The first-order valence-electron chi connectivity index (χ1n) is 5.06. The van der Waals surface area contributed by atoms with Gasteiger partial charge in [0.25, 0.3) is 5.91 Å². The molecule has 4 nitrogen and oxygen atoms in total. The minimum absolute atomic E-state index is 0.0520. The molecule has 0 fully saturated rings. The fraction of sp³-hybridized carbons (Fsp3) is 0.545. The fourth-order valence-corrected chi connectivity index (χ4v) is 1.18. The number of furan rings is 1. The van der Waals surface area contributed by atoms with Gasteiger partial charge in [-0.25, -0.2) is 0 Å². The molecule has 0 aliphatic heterocycles. The molecule has 0 saturated heterocycles. The summed E-state index contributed by atoms with van der Waals surface area (Å²) in [7, 11) is 1.65. The van der Waals surface area contributed by atoms with Crippen LogP contribution in [0, 0.1) is 0 Å². The molecule has 0 radical (unpaired) electrons. The van der Waals surface area contributed by atoms with Crippen molar-refractivity contribution >= 4 is 5.91 Å². The lowest BCUT2D eigenvalue weighted by Gasteiger charge is -2.21. The third kappa shape index (κ3) is 2.59. The van der Waals surface area contributed by atoms with E-state index in [1.165, 1.54) is 4.90 Å². The van der Waals surface area contributed by atoms with Crippen LogP contribution >= 0.6 is 0 Å². The molecule has 1 N–H and O–H groups in total. The van der Waals surface area contributed by atoms with Crippen LogP contribution in [-0.4, -0.2) is 35.6 Å². The summed E-state index contributed by atoms with van der Waals surface area (Å²) in [4.78, 5) is 13.3. The summed E-state index contributed by atoms with van der Waals surface area (Å²) in [5.41, 5.74) is 0. The third-order valence-corrected chi connectivity index (χ3v) is 2.47. The van der Waals surface area contributed by atoms with E-state index < -0.39 is 0 Å². The standard InChI is InChI=1S/C11H17NO3/c1-4-9-5-6-10(15-9)11(14)12(3)8(2)7-13/h5-6,8,13H,4,7H2,1-3H3. The molecule has 1 unspecified atom stereocenters. The lowest BCUT2D eigenvalue weighted by molar-refractivity contribution is 0.0649. The molecule has 0 aliphatic rings. The average Bonchev–Trinajstić information content (AvgIpc) is 2.74. The molecule has 1 aromatic rings. The predicted molar refractivity (Wildman–Crippen MR) is 56.7 cm³/mol. The molecular formula is C11H17NO3. The minimum Gasteiger partial charge on any atom is -0.456 e. The first kappa shape index (κ1) is 11.8. The number of aliphatic hydroxyl groups excluding tert-OH is 1. The fourth-order valence-electron chi connectivity index (χ4n) is 1.18. The number of carbonyl (C=O) groups is 1. The Labute approximate surface area is 89.5 Å². The Hall–Kier alpha value is -1.29. The van der Waals surface area contributed by atoms with E-state index in [4.69, 9.17) is 9.52 Å². The summed E-state index contributed by atoms with van der Waals surface area (Å²) in [5, 5.41) is 8.93. The number of nitrogens with zero attached hydrogens (tertiary/aromatic N) is 1. The molecule has 0 aromatic carbocycles. The van der Waals surface area contributed by atoms with Crippen LogP contribution in [-0.2, 0) is 6.42 Å². The van der Waals surface area contributed by atoms with Gasteiger partial charge in [-0.2, -0.15) is 0 Å². The molecule has 1 rings (SSSR count). The number of carbonyl (C=O) groups excluding carboxylic acids is 1. The molecule has 0 aliphatic carbocycles. The number of aliphatic hydroxyl groups is 1. The van der Waals surface area contributed by atoms with Crippen molar-refractivity contribution in [1.82, 2.24) is 4.90 Å². The highest BCUT2D eigenvalue weighted by Crippen LogP contribution is 2.11. The van der Waals surface area contributed by atoms with E-state index >= 15 is 0 Å². The zero-order valence-corrected chi connectivity index (χ0v) is 9.36. The van der Waals surface area contributed by atoms with Crippen LogP contribution in [0.3, 0.4) is 0 Å². The number of likely N-dealkylation sites (N-methyl/N-ethyl adjacent to an activating group) is 1. The zero-order valence-electron chi connectivity index (χ0n) is 9.36. The van der Waals surface area contributed by atoms with Gasteiger partial charge in [-0.1, -0.05) is 6.92 Å². The van der Waals surface area contributed by atoms with Crippen LogP contribution in [0.1, 0.15) is 30.2 Å². The van der Waals surface area contributed by atoms with Crippen molar-refractivity contribution in [2.24, 2.45) is 0 Å². The maximum absolute atomic E-state index is 11.8. The van der Waals surface area contributed by atoms with E-state index in [0.29, 0.717) is 5.76 Å². The first-order valence-corrected chi connectivity index (χ1v) is 5.06. The third-order valence-electron chi connectivity index (χ3n) is 2.47. The average molecular weight is 211 g/mol. The molecular weight excluding hydrogens is 194 g/mol. The van der Waals surface area contributed by atoms with E-state index in [9.17, 15) is 4.79 Å². The Morgan fingerprint density at radius 2 is 2.27 bits per heavy atom. The normalized spacial score (nSPS) is 12.5. The lowest BCUT2D eigenvalue weighted by atomic mass is 10.3. The monoisotopic (exact) mass is 211 g/mol. The minimum atomic E-state index is -0.201. The van der Waals surface area contributed by atoms with Gasteiger partial charge >= 0.3 is 0 Å². The first-order chi connectivity index (χ1) is 7.10. The maximum atomic E-state index is 11.8. The van der Waals surface area contributed by atoms with E-state index in [1.807, 2.05) is 6.92 Å². The number of amides is 1. The summed E-state index contributed by atoms with van der Waals surface area (Å²) in [5.74, 6) is 0.925. The molecule has 0 spiro atoms. The van der Waals surface area contributed by atoms with Gasteiger partial charge < -0.3 is 14.4 Å². The van der Waals surface area contributed by atoms with Crippen LogP contribution < -0.4 is 0 Å². The SMILES string of the molecule is CCc1ccc(C(=O)N(C)C(C)CO)o1. The van der Waals surface area contributed by atoms with E-state index in [2.05, 4.69) is 0 Å². The molecule has 0 bridgehead atoms. The Kier molecular flexibility index (Phi) is 3.91. The smallest absolute Gasteiger partial charge is 0.289 e. The Balaban J connectivity index is 2.75. The Morgan fingerprint density at radius 1 is 1.60 bits per heavy atom. The van der Waals surface area contributed by atoms with Gasteiger partial charge in [0, 0.05) is 13.5 Å². The van der Waals surface area contributed by atoms with Crippen molar-refractivity contribution in [3.05, 3.63) is 23.7 Å². The molecule has 1 amide bonds. The largest absolute Gasteiger partial charge is 0.456 e. The summed E-state index contributed by atoms with van der Waals surface area (Å²) >= 11 is 0. The molecule has 1 aromatic heterocycles. The second-order valence-electron chi connectivity index (χ2n) is 3.57. The highest BCUT2D eigenvalue weighted by Gasteiger charge is 2.19. The molecule has 84 valence electrons. The van der Waals surface area contributed by atoms with Gasteiger partial charge in [0.2, 0.25) is 0 Å².